The number of nitrogens with one attached hydrogen (secondary N) is 1. The lowest BCUT2D eigenvalue weighted by molar-refractivity contribution is 0.0776. The summed E-state index contributed by atoms with van der Waals surface area (Å²) in [6.45, 7) is 5.75. The highest BCUT2D eigenvalue weighted by Crippen LogP contribution is 2.33. The topological polar surface area (TPSA) is 26.2 Å². The monoisotopic (exact) mass is 322 g/mol. The summed E-state index contributed by atoms with van der Waals surface area (Å²) in [5.41, 5.74) is 3.84. The molecule has 2 aromatic rings. The first-order chi connectivity index (χ1) is 11.8. The van der Waals surface area contributed by atoms with Crippen molar-refractivity contribution in [1.82, 2.24) is 9.88 Å². The molecule has 1 aliphatic carbocycles. The number of ether oxygens (including phenoxy) is 1. The van der Waals surface area contributed by atoms with Crippen LogP contribution in [0.15, 0.2) is 24.3 Å². The van der Waals surface area contributed by atoms with E-state index in [0.29, 0.717) is 6.04 Å². The van der Waals surface area contributed by atoms with Gasteiger partial charge in [0.25, 0.3) is 0 Å². The number of aromatic nitrogens is 1. The van der Waals surface area contributed by atoms with Gasteiger partial charge in [-0.2, -0.15) is 0 Å². The Hall–Kier alpha value is -1.76. The van der Waals surface area contributed by atoms with Crippen LogP contribution >= 0.6 is 0 Å². The van der Waals surface area contributed by atoms with Gasteiger partial charge in [0, 0.05) is 43.2 Å². The molecule has 24 heavy (non-hydrogen) atoms. The van der Waals surface area contributed by atoms with Crippen molar-refractivity contribution >= 4 is 10.9 Å². The van der Waals surface area contributed by atoms with Gasteiger partial charge < -0.3 is 14.6 Å². The molecular weight excluding hydrogens is 296 g/mol. The molecule has 1 N–H and O–H groups in total. The maximum atomic E-state index is 5.43. The van der Waals surface area contributed by atoms with Crippen molar-refractivity contribution in [3.63, 3.8) is 0 Å². The fourth-order valence-corrected chi connectivity index (χ4v) is 3.58. The van der Waals surface area contributed by atoms with E-state index in [4.69, 9.17) is 4.74 Å². The predicted octanol–water partition coefficient (Wildman–Crippen LogP) is 3.69. The number of hydrogen-bond donors (Lipinski definition) is 1. The lowest BCUT2D eigenvalue weighted by atomic mass is 10.1. The molecule has 0 radical (unpaired) electrons. The van der Waals surface area contributed by atoms with Crippen molar-refractivity contribution < 1.29 is 4.74 Å². The van der Waals surface area contributed by atoms with Gasteiger partial charge in [-0.15, -0.1) is 0 Å². The smallest absolute Gasteiger partial charge is 0.0930 e. The summed E-state index contributed by atoms with van der Waals surface area (Å²) in [5.74, 6) is 7.21. The van der Waals surface area contributed by atoms with E-state index in [1.54, 1.807) is 0 Å². The molecule has 2 fully saturated rings. The Kier molecular flexibility index (Phi) is 4.60. The fourth-order valence-electron chi connectivity index (χ4n) is 3.58. The molecule has 2 aliphatic rings. The summed E-state index contributed by atoms with van der Waals surface area (Å²) in [6.07, 6.45) is 4.98. The number of nitrogens with zero attached hydrogens (tertiary/aromatic N) is 1. The normalized spacial score (nSPS) is 18.5. The van der Waals surface area contributed by atoms with Gasteiger partial charge in [-0.25, -0.2) is 0 Å². The molecule has 4 rings (SSSR count). The minimum Gasteiger partial charge on any atom is -0.381 e. The molecule has 3 heteroatoms. The van der Waals surface area contributed by atoms with Gasteiger partial charge in [-0.3, -0.25) is 0 Å². The second-order valence-electron chi connectivity index (χ2n) is 7.12. The average molecular weight is 322 g/mol. The maximum Gasteiger partial charge on any atom is 0.0930 e. The lowest BCUT2D eigenvalue weighted by Crippen LogP contribution is -2.34. The first kappa shape index (κ1) is 15.7. The summed E-state index contributed by atoms with van der Waals surface area (Å²) < 4.78 is 7.85. The molecular formula is C21H26N2O. The Morgan fingerprint density at radius 2 is 2.00 bits per heavy atom. The Morgan fingerprint density at radius 3 is 2.75 bits per heavy atom. The molecule has 0 unspecified atom stereocenters. The van der Waals surface area contributed by atoms with Gasteiger partial charge in [0.15, 0.2) is 0 Å². The summed E-state index contributed by atoms with van der Waals surface area (Å²) in [6, 6.07) is 9.72. The Morgan fingerprint density at radius 1 is 1.17 bits per heavy atom. The molecule has 1 aliphatic heterocycles. The van der Waals surface area contributed by atoms with Crippen molar-refractivity contribution in [1.29, 1.82) is 0 Å². The van der Waals surface area contributed by atoms with E-state index < -0.39 is 0 Å². The van der Waals surface area contributed by atoms with E-state index in [2.05, 4.69) is 46.0 Å². The first-order valence-corrected chi connectivity index (χ1v) is 9.19. The largest absolute Gasteiger partial charge is 0.381 e. The zero-order valence-electron chi connectivity index (χ0n) is 14.5. The van der Waals surface area contributed by atoms with Crippen LogP contribution in [0.25, 0.3) is 10.9 Å². The third-order valence-corrected chi connectivity index (χ3v) is 5.17. The Balaban J connectivity index is 1.54. The van der Waals surface area contributed by atoms with Gasteiger partial charge in [0.1, 0.15) is 0 Å². The molecule has 0 bridgehead atoms. The van der Waals surface area contributed by atoms with E-state index in [-0.39, 0.29) is 0 Å². The van der Waals surface area contributed by atoms with Crippen molar-refractivity contribution in [2.75, 3.05) is 13.2 Å². The van der Waals surface area contributed by atoms with Crippen molar-refractivity contribution in [3.8, 4) is 11.8 Å². The molecule has 1 saturated carbocycles. The van der Waals surface area contributed by atoms with Gasteiger partial charge in [0.05, 0.1) is 5.69 Å². The van der Waals surface area contributed by atoms with E-state index in [0.717, 1.165) is 50.8 Å². The van der Waals surface area contributed by atoms with E-state index in [9.17, 15) is 0 Å². The van der Waals surface area contributed by atoms with Crippen molar-refractivity contribution in [2.45, 2.75) is 51.7 Å². The summed E-state index contributed by atoms with van der Waals surface area (Å²) >= 11 is 0. The second-order valence-corrected chi connectivity index (χ2v) is 7.12. The molecule has 126 valence electrons. The highest BCUT2D eigenvalue weighted by molar-refractivity contribution is 5.83. The lowest BCUT2D eigenvalue weighted by Gasteiger charge is -2.23. The molecule has 1 aromatic carbocycles. The minimum atomic E-state index is 0.593. The maximum absolute atomic E-state index is 5.43. The summed E-state index contributed by atoms with van der Waals surface area (Å²) in [7, 11) is 0. The number of hydrogen-bond acceptors (Lipinski definition) is 2. The van der Waals surface area contributed by atoms with Crippen LogP contribution in [0, 0.1) is 17.8 Å². The summed E-state index contributed by atoms with van der Waals surface area (Å²) in [4.78, 5) is 0. The highest BCUT2D eigenvalue weighted by atomic mass is 16.5. The first-order valence-electron chi connectivity index (χ1n) is 9.19. The highest BCUT2D eigenvalue weighted by Gasteiger charge is 2.23. The molecule has 0 amide bonds. The fraction of sp³-hybridized carbons (Fsp3) is 0.524. The summed E-state index contributed by atoms with van der Waals surface area (Å²) in [5, 5.41) is 5.00. The van der Waals surface area contributed by atoms with Crippen LogP contribution < -0.4 is 5.32 Å². The van der Waals surface area contributed by atoms with Crippen LogP contribution in [0.1, 0.15) is 43.9 Å². The van der Waals surface area contributed by atoms with Gasteiger partial charge in [0.2, 0.25) is 0 Å². The third kappa shape index (κ3) is 3.50. The molecule has 1 saturated heterocycles. The van der Waals surface area contributed by atoms with Gasteiger partial charge >= 0.3 is 0 Å². The van der Waals surface area contributed by atoms with Crippen LogP contribution in [0.5, 0.6) is 0 Å². The van der Waals surface area contributed by atoms with E-state index in [1.165, 1.54) is 29.3 Å². The Bertz CT molecular complexity index is 770. The quantitative estimate of drug-likeness (QED) is 0.850. The number of benzene rings is 1. The van der Waals surface area contributed by atoms with Crippen LogP contribution in [-0.2, 0) is 17.8 Å². The molecule has 0 spiro atoms. The van der Waals surface area contributed by atoms with Crippen LogP contribution in [0.4, 0.5) is 0 Å². The predicted molar refractivity (Wildman–Crippen MR) is 97.9 cm³/mol. The zero-order valence-corrected chi connectivity index (χ0v) is 14.5. The third-order valence-electron chi connectivity index (χ3n) is 5.17. The number of fused-ring (bicyclic) bond motifs is 1. The number of rotatable bonds is 5. The minimum absolute atomic E-state index is 0.593. The van der Waals surface area contributed by atoms with Crippen molar-refractivity contribution in [3.05, 3.63) is 35.5 Å². The van der Waals surface area contributed by atoms with E-state index in [1.807, 2.05) is 6.92 Å². The van der Waals surface area contributed by atoms with Crippen LogP contribution in [-0.4, -0.2) is 23.8 Å². The molecule has 0 atom stereocenters. The Labute approximate surface area is 144 Å². The molecule has 3 nitrogen and oxygen atoms in total. The van der Waals surface area contributed by atoms with Gasteiger partial charge in [-0.1, -0.05) is 12.0 Å². The SMILES string of the molecule is CC#Cc1cc2cc(CNC3CCOCC3)ccc2n1CC1CC1. The average Bonchev–Trinajstić information content (AvgIpc) is 3.37. The standard InChI is InChI=1S/C21H26N2O/c1-2-3-20-13-18-12-17(14-22-19-8-10-24-11-9-19)6-7-21(18)23(20)15-16-4-5-16/h6-7,12-13,16,19,22H,4-5,8-11,14-15H2,1H3. The molecule has 2 heterocycles. The van der Waals surface area contributed by atoms with Crippen molar-refractivity contribution in [2.24, 2.45) is 5.92 Å². The van der Waals surface area contributed by atoms with E-state index >= 15 is 0 Å². The van der Waals surface area contributed by atoms with Crippen LogP contribution in [0.3, 0.4) is 0 Å². The van der Waals surface area contributed by atoms with Crippen LogP contribution in [0.2, 0.25) is 0 Å². The zero-order chi connectivity index (χ0) is 16.4. The molecule has 1 aromatic heterocycles. The van der Waals surface area contributed by atoms with Gasteiger partial charge in [-0.05, 0) is 68.2 Å². The second kappa shape index (κ2) is 7.01.